The zero-order valence-corrected chi connectivity index (χ0v) is 9.37. The highest BCUT2D eigenvalue weighted by molar-refractivity contribution is 7.88. The maximum atomic E-state index is 11.5. The number of aliphatic hydroxyl groups excluding tert-OH is 1. The van der Waals surface area contributed by atoms with Gasteiger partial charge in [0.15, 0.2) is 0 Å². The summed E-state index contributed by atoms with van der Waals surface area (Å²) in [6, 6.07) is 8.92. The molecule has 1 atom stereocenters. The summed E-state index contributed by atoms with van der Waals surface area (Å²) in [6.45, 7) is 1.58. The van der Waals surface area contributed by atoms with Crippen molar-refractivity contribution in [1.29, 1.82) is 0 Å². The summed E-state index contributed by atoms with van der Waals surface area (Å²) < 4.78 is 25.3. The first-order valence-corrected chi connectivity index (χ1v) is 6.34. The van der Waals surface area contributed by atoms with E-state index in [-0.39, 0.29) is 12.3 Å². The summed E-state index contributed by atoms with van der Waals surface area (Å²) in [5, 5.41) is 8.95. The van der Waals surface area contributed by atoms with Crippen molar-refractivity contribution in [2.45, 2.75) is 18.8 Å². The Balaban J connectivity index is 2.57. The molecule has 4 nitrogen and oxygen atoms in total. The molecular weight excluding hydrogens is 214 g/mol. The van der Waals surface area contributed by atoms with E-state index in [9.17, 15) is 8.42 Å². The number of hydrogen-bond acceptors (Lipinski definition) is 3. The first-order chi connectivity index (χ1) is 6.99. The molecule has 0 aromatic heterocycles. The van der Waals surface area contributed by atoms with Crippen LogP contribution in [-0.2, 0) is 15.8 Å². The van der Waals surface area contributed by atoms with Gasteiger partial charge in [-0.1, -0.05) is 30.3 Å². The second-order valence-electron chi connectivity index (χ2n) is 3.44. The lowest BCUT2D eigenvalue weighted by molar-refractivity contribution is 0.198. The lowest BCUT2D eigenvalue weighted by Crippen LogP contribution is -2.31. The van der Waals surface area contributed by atoms with Crippen LogP contribution in [0.25, 0.3) is 0 Å². The van der Waals surface area contributed by atoms with Crippen LogP contribution in [-0.4, -0.2) is 26.2 Å². The summed E-state index contributed by atoms with van der Waals surface area (Å²) >= 11 is 0. The summed E-state index contributed by atoms with van der Waals surface area (Å²) in [5.41, 5.74) is 0.732. The third-order valence-electron chi connectivity index (χ3n) is 1.80. The van der Waals surface area contributed by atoms with Crippen molar-refractivity contribution in [2.75, 3.05) is 6.54 Å². The lowest BCUT2D eigenvalue weighted by Gasteiger charge is -2.08. The van der Waals surface area contributed by atoms with Gasteiger partial charge in [0.05, 0.1) is 11.9 Å². The van der Waals surface area contributed by atoms with E-state index >= 15 is 0 Å². The number of benzene rings is 1. The second kappa shape index (κ2) is 5.25. The molecule has 0 amide bonds. The molecule has 0 unspecified atom stereocenters. The molecule has 0 saturated heterocycles. The van der Waals surface area contributed by atoms with Gasteiger partial charge in [-0.15, -0.1) is 0 Å². The second-order valence-corrected chi connectivity index (χ2v) is 5.25. The highest BCUT2D eigenvalue weighted by Gasteiger charge is 2.11. The molecule has 1 aromatic rings. The van der Waals surface area contributed by atoms with E-state index in [1.807, 2.05) is 6.07 Å². The molecular formula is C10H15NO3S. The van der Waals surface area contributed by atoms with Gasteiger partial charge < -0.3 is 5.11 Å². The lowest BCUT2D eigenvalue weighted by atomic mass is 10.2. The van der Waals surface area contributed by atoms with Gasteiger partial charge >= 0.3 is 0 Å². The summed E-state index contributed by atoms with van der Waals surface area (Å²) in [7, 11) is -3.34. The molecule has 15 heavy (non-hydrogen) atoms. The zero-order chi connectivity index (χ0) is 11.3. The zero-order valence-electron chi connectivity index (χ0n) is 8.55. The molecule has 0 heterocycles. The van der Waals surface area contributed by atoms with Gasteiger partial charge in [0.2, 0.25) is 10.0 Å². The SMILES string of the molecule is C[C@@H](O)CNS(=O)(=O)Cc1ccccc1. The number of nitrogens with one attached hydrogen (secondary N) is 1. The topological polar surface area (TPSA) is 66.4 Å². The molecule has 2 N–H and O–H groups in total. The van der Waals surface area contributed by atoms with E-state index in [1.54, 1.807) is 24.3 Å². The maximum absolute atomic E-state index is 11.5. The number of hydrogen-bond donors (Lipinski definition) is 2. The predicted octanol–water partition coefficient (Wildman–Crippen LogP) is 0.487. The Hall–Kier alpha value is -0.910. The van der Waals surface area contributed by atoms with E-state index in [4.69, 9.17) is 5.11 Å². The Morgan fingerprint density at radius 2 is 1.93 bits per heavy atom. The first-order valence-electron chi connectivity index (χ1n) is 4.69. The predicted molar refractivity (Wildman–Crippen MR) is 58.7 cm³/mol. The molecule has 0 radical (unpaired) electrons. The van der Waals surface area contributed by atoms with Gasteiger partial charge in [-0.05, 0) is 12.5 Å². The minimum Gasteiger partial charge on any atom is -0.392 e. The summed E-state index contributed by atoms with van der Waals surface area (Å²) in [4.78, 5) is 0. The molecule has 84 valence electrons. The van der Waals surface area contributed by atoms with E-state index in [0.717, 1.165) is 5.56 Å². The molecule has 0 aliphatic heterocycles. The fourth-order valence-corrected chi connectivity index (χ4v) is 2.32. The fourth-order valence-electron chi connectivity index (χ4n) is 1.09. The Labute approximate surface area is 90.0 Å². The van der Waals surface area contributed by atoms with Gasteiger partial charge in [-0.3, -0.25) is 0 Å². The molecule has 1 aromatic carbocycles. The molecule has 5 heteroatoms. The Kier molecular flexibility index (Phi) is 4.26. The van der Waals surface area contributed by atoms with Crippen molar-refractivity contribution in [3.05, 3.63) is 35.9 Å². The standard InChI is InChI=1S/C10H15NO3S/c1-9(12)7-11-15(13,14)8-10-5-3-2-4-6-10/h2-6,9,11-12H,7-8H2,1H3/t9-/m1/s1. The largest absolute Gasteiger partial charge is 0.392 e. The minimum atomic E-state index is -3.34. The molecule has 0 fully saturated rings. The number of rotatable bonds is 5. The quantitative estimate of drug-likeness (QED) is 0.772. The van der Waals surface area contributed by atoms with Crippen molar-refractivity contribution >= 4 is 10.0 Å². The Bertz CT molecular complexity index is 386. The average molecular weight is 229 g/mol. The molecule has 0 aliphatic rings. The third kappa shape index (κ3) is 4.92. The van der Waals surface area contributed by atoms with E-state index in [2.05, 4.69) is 4.72 Å². The smallest absolute Gasteiger partial charge is 0.215 e. The number of aliphatic hydroxyl groups is 1. The minimum absolute atomic E-state index is 0.0508. The molecule has 0 saturated carbocycles. The van der Waals surface area contributed by atoms with Crippen LogP contribution in [0.2, 0.25) is 0 Å². The van der Waals surface area contributed by atoms with Crippen LogP contribution < -0.4 is 4.72 Å². The van der Waals surface area contributed by atoms with E-state index < -0.39 is 16.1 Å². The number of sulfonamides is 1. The maximum Gasteiger partial charge on any atom is 0.215 e. The average Bonchev–Trinajstić information content (AvgIpc) is 2.16. The van der Waals surface area contributed by atoms with E-state index in [0.29, 0.717) is 0 Å². The first kappa shape index (κ1) is 12.2. The van der Waals surface area contributed by atoms with E-state index in [1.165, 1.54) is 6.92 Å². The highest BCUT2D eigenvalue weighted by Crippen LogP contribution is 2.03. The van der Waals surface area contributed by atoms with Gasteiger partial charge in [-0.2, -0.15) is 0 Å². The van der Waals surface area contributed by atoms with Crippen molar-refractivity contribution in [1.82, 2.24) is 4.72 Å². The summed E-state index contributed by atoms with van der Waals surface area (Å²) in [6.07, 6.45) is -0.671. The van der Waals surface area contributed by atoms with Crippen molar-refractivity contribution in [3.8, 4) is 0 Å². The Morgan fingerprint density at radius 3 is 2.47 bits per heavy atom. The van der Waals surface area contributed by atoms with Crippen LogP contribution in [0.3, 0.4) is 0 Å². The van der Waals surface area contributed by atoms with Crippen molar-refractivity contribution < 1.29 is 13.5 Å². The van der Waals surface area contributed by atoms with Gasteiger partial charge in [0.1, 0.15) is 0 Å². The van der Waals surface area contributed by atoms with Crippen LogP contribution >= 0.6 is 0 Å². The van der Waals surface area contributed by atoms with Crippen molar-refractivity contribution in [2.24, 2.45) is 0 Å². The van der Waals surface area contributed by atoms with Gasteiger partial charge in [-0.25, -0.2) is 13.1 Å². The van der Waals surface area contributed by atoms with Crippen LogP contribution in [0.4, 0.5) is 0 Å². The third-order valence-corrected chi connectivity index (χ3v) is 3.12. The van der Waals surface area contributed by atoms with Crippen LogP contribution in [0.5, 0.6) is 0 Å². The van der Waals surface area contributed by atoms with Gasteiger partial charge in [0.25, 0.3) is 0 Å². The molecule has 0 aliphatic carbocycles. The molecule has 0 bridgehead atoms. The normalized spacial score (nSPS) is 13.7. The monoisotopic (exact) mass is 229 g/mol. The highest BCUT2D eigenvalue weighted by atomic mass is 32.2. The van der Waals surface area contributed by atoms with Crippen LogP contribution in [0.15, 0.2) is 30.3 Å². The molecule has 1 rings (SSSR count). The van der Waals surface area contributed by atoms with Gasteiger partial charge in [0, 0.05) is 6.54 Å². The molecule has 0 spiro atoms. The van der Waals surface area contributed by atoms with Crippen molar-refractivity contribution in [3.63, 3.8) is 0 Å². The van der Waals surface area contributed by atoms with Crippen LogP contribution in [0.1, 0.15) is 12.5 Å². The summed E-state index contributed by atoms with van der Waals surface area (Å²) in [5.74, 6) is -0.0550. The fraction of sp³-hybridized carbons (Fsp3) is 0.400. The van der Waals surface area contributed by atoms with Crippen LogP contribution in [0, 0.1) is 0 Å². The Morgan fingerprint density at radius 1 is 1.33 bits per heavy atom.